The molecule has 13 heteroatoms. The number of rotatable bonds is 11. The summed E-state index contributed by atoms with van der Waals surface area (Å²) in [5.41, 5.74) is 5.44. The summed E-state index contributed by atoms with van der Waals surface area (Å²) in [5, 5.41) is 23.8. The third-order valence-electron chi connectivity index (χ3n) is 2.77. The van der Waals surface area contributed by atoms with Gasteiger partial charge in [-0.3, -0.25) is 24.0 Å². The van der Waals surface area contributed by atoms with E-state index in [4.69, 9.17) is 15.9 Å². The van der Waals surface area contributed by atoms with Crippen molar-refractivity contribution in [3.63, 3.8) is 0 Å². The molecule has 0 aromatic carbocycles. The van der Waals surface area contributed by atoms with E-state index in [-0.39, 0.29) is 11.5 Å². The van der Waals surface area contributed by atoms with Gasteiger partial charge in [-0.05, 0) is 0 Å². The number of thiol groups is 2. The van der Waals surface area contributed by atoms with Crippen molar-refractivity contribution >= 4 is 54.9 Å². The lowest BCUT2D eigenvalue weighted by molar-refractivity contribution is -0.141. The van der Waals surface area contributed by atoms with Gasteiger partial charge in [0.25, 0.3) is 0 Å². The predicted octanol–water partition coefficient (Wildman–Crippen LogP) is -3.18. The van der Waals surface area contributed by atoms with Gasteiger partial charge < -0.3 is 31.9 Å². The van der Waals surface area contributed by atoms with Crippen LogP contribution in [0.3, 0.4) is 0 Å². The van der Waals surface area contributed by atoms with Crippen LogP contribution in [-0.4, -0.2) is 76.0 Å². The first kappa shape index (κ1) is 23.0. The van der Waals surface area contributed by atoms with Crippen LogP contribution in [0.1, 0.15) is 6.42 Å². The molecule has 25 heavy (non-hydrogen) atoms. The van der Waals surface area contributed by atoms with E-state index < -0.39 is 60.8 Å². The fraction of sp³-hybridized carbons (Fsp3) is 0.583. The summed E-state index contributed by atoms with van der Waals surface area (Å²) in [6.45, 7) is -0.662. The predicted molar refractivity (Wildman–Crippen MR) is 92.4 cm³/mol. The highest BCUT2D eigenvalue weighted by atomic mass is 32.1. The molecular weight excluding hydrogens is 376 g/mol. The van der Waals surface area contributed by atoms with E-state index in [2.05, 4.69) is 41.2 Å². The fourth-order valence-corrected chi connectivity index (χ4v) is 1.92. The van der Waals surface area contributed by atoms with E-state index in [9.17, 15) is 24.0 Å². The molecule has 0 aromatic heterocycles. The maximum absolute atomic E-state index is 12.2. The molecule has 0 aliphatic rings. The summed E-state index contributed by atoms with van der Waals surface area (Å²) in [6.07, 6.45) is -0.743. The Bertz CT molecular complexity index is 532. The molecule has 0 saturated carbocycles. The molecule has 3 atom stereocenters. The number of carboxylic acids is 2. The molecule has 0 fully saturated rings. The number of nitrogens with two attached hydrogens (primary N) is 1. The van der Waals surface area contributed by atoms with Crippen molar-refractivity contribution in [1.82, 2.24) is 16.0 Å². The number of carboxylic acid groups (broad SMARTS) is 2. The monoisotopic (exact) mass is 396 g/mol. The summed E-state index contributed by atoms with van der Waals surface area (Å²) in [7, 11) is 0. The lowest BCUT2D eigenvalue weighted by atomic mass is 10.1. The Balaban J connectivity index is 4.97. The van der Waals surface area contributed by atoms with Crippen LogP contribution in [-0.2, 0) is 24.0 Å². The number of hydrogen-bond donors (Lipinski definition) is 8. The topological polar surface area (TPSA) is 188 Å². The van der Waals surface area contributed by atoms with Gasteiger partial charge in [-0.15, -0.1) is 0 Å². The van der Waals surface area contributed by atoms with E-state index in [0.717, 1.165) is 0 Å². The molecule has 0 aliphatic heterocycles. The van der Waals surface area contributed by atoms with Gasteiger partial charge in [0.1, 0.15) is 18.6 Å². The van der Waals surface area contributed by atoms with Gasteiger partial charge in [0, 0.05) is 11.5 Å². The van der Waals surface area contributed by atoms with Crippen LogP contribution in [0.2, 0.25) is 0 Å². The molecule has 0 radical (unpaired) electrons. The number of nitrogens with one attached hydrogen (secondary N) is 3. The lowest BCUT2D eigenvalue weighted by Crippen LogP contribution is -2.57. The van der Waals surface area contributed by atoms with E-state index in [1.165, 1.54) is 0 Å². The number of aliphatic carboxylic acids is 2. The van der Waals surface area contributed by atoms with Gasteiger partial charge in [0.2, 0.25) is 17.7 Å². The lowest BCUT2D eigenvalue weighted by Gasteiger charge is -2.22. The van der Waals surface area contributed by atoms with Crippen molar-refractivity contribution in [1.29, 1.82) is 0 Å². The van der Waals surface area contributed by atoms with Crippen molar-refractivity contribution < 1.29 is 34.2 Å². The zero-order chi connectivity index (χ0) is 19.6. The largest absolute Gasteiger partial charge is 0.481 e. The summed E-state index contributed by atoms with van der Waals surface area (Å²) >= 11 is 7.70. The Labute approximate surface area is 153 Å². The number of carbonyl (C=O) groups is 5. The maximum Gasteiger partial charge on any atom is 0.322 e. The first-order valence-electron chi connectivity index (χ1n) is 6.91. The summed E-state index contributed by atoms with van der Waals surface area (Å²) in [4.78, 5) is 56.9. The van der Waals surface area contributed by atoms with Crippen LogP contribution in [0.25, 0.3) is 0 Å². The summed E-state index contributed by atoms with van der Waals surface area (Å²) < 4.78 is 0. The van der Waals surface area contributed by atoms with Crippen LogP contribution in [0.4, 0.5) is 0 Å². The van der Waals surface area contributed by atoms with Crippen LogP contribution < -0.4 is 21.7 Å². The van der Waals surface area contributed by atoms with Crippen LogP contribution in [0.15, 0.2) is 0 Å². The molecule has 11 nitrogen and oxygen atoms in total. The quantitative estimate of drug-likeness (QED) is 0.168. The molecular formula is C12H20N4O7S2. The molecule has 0 aromatic rings. The van der Waals surface area contributed by atoms with E-state index >= 15 is 0 Å². The van der Waals surface area contributed by atoms with Gasteiger partial charge in [-0.1, -0.05) is 0 Å². The van der Waals surface area contributed by atoms with Gasteiger partial charge in [-0.2, -0.15) is 25.3 Å². The highest BCUT2D eigenvalue weighted by Crippen LogP contribution is 1.98. The molecule has 3 amide bonds. The van der Waals surface area contributed by atoms with Crippen molar-refractivity contribution in [2.45, 2.75) is 24.5 Å². The van der Waals surface area contributed by atoms with Crippen molar-refractivity contribution in [3.05, 3.63) is 0 Å². The second-order valence-electron chi connectivity index (χ2n) is 4.80. The zero-order valence-corrected chi connectivity index (χ0v) is 14.8. The van der Waals surface area contributed by atoms with Crippen molar-refractivity contribution in [2.24, 2.45) is 5.73 Å². The number of amides is 3. The Morgan fingerprint density at radius 1 is 0.840 bits per heavy atom. The smallest absolute Gasteiger partial charge is 0.322 e. The Morgan fingerprint density at radius 2 is 1.40 bits per heavy atom. The molecule has 142 valence electrons. The average molecular weight is 396 g/mol. The maximum atomic E-state index is 12.2. The van der Waals surface area contributed by atoms with Crippen LogP contribution >= 0.6 is 25.3 Å². The summed E-state index contributed by atoms with van der Waals surface area (Å²) in [6, 6.07) is -3.75. The van der Waals surface area contributed by atoms with Gasteiger partial charge >= 0.3 is 11.9 Å². The molecule has 0 aliphatic carbocycles. The third-order valence-corrected chi connectivity index (χ3v) is 3.53. The highest BCUT2D eigenvalue weighted by molar-refractivity contribution is 7.80. The summed E-state index contributed by atoms with van der Waals surface area (Å²) in [5.74, 6) is -5.41. The normalized spacial score (nSPS) is 13.9. The van der Waals surface area contributed by atoms with Crippen molar-refractivity contribution in [2.75, 3.05) is 18.1 Å². The second-order valence-corrected chi connectivity index (χ2v) is 5.53. The van der Waals surface area contributed by atoms with E-state index in [1.807, 2.05) is 0 Å². The van der Waals surface area contributed by atoms with Crippen molar-refractivity contribution in [3.8, 4) is 0 Å². The molecule has 0 heterocycles. The average Bonchev–Trinajstić information content (AvgIpc) is 2.55. The Morgan fingerprint density at radius 3 is 1.84 bits per heavy atom. The first-order valence-corrected chi connectivity index (χ1v) is 8.18. The van der Waals surface area contributed by atoms with E-state index in [0.29, 0.717) is 0 Å². The van der Waals surface area contributed by atoms with E-state index in [1.54, 1.807) is 0 Å². The number of carbonyl (C=O) groups excluding carboxylic acids is 3. The molecule has 3 unspecified atom stereocenters. The molecule has 7 N–H and O–H groups in total. The van der Waals surface area contributed by atoms with Crippen LogP contribution in [0, 0.1) is 0 Å². The molecule has 0 rings (SSSR count). The minimum atomic E-state index is -1.48. The minimum Gasteiger partial charge on any atom is -0.481 e. The molecule has 0 saturated heterocycles. The van der Waals surface area contributed by atoms with Gasteiger partial charge in [-0.25, -0.2) is 0 Å². The molecule has 0 bridgehead atoms. The highest BCUT2D eigenvalue weighted by Gasteiger charge is 2.29. The molecule has 0 spiro atoms. The first-order chi connectivity index (χ1) is 11.6. The third kappa shape index (κ3) is 9.16. The fourth-order valence-electron chi connectivity index (χ4n) is 1.50. The van der Waals surface area contributed by atoms with Crippen LogP contribution in [0.5, 0.6) is 0 Å². The Kier molecular flexibility index (Phi) is 10.6. The standard InChI is InChI=1S/C12H20N4O7S2/c13-5(3-24)10(21)15-6(1-8(17)18)12(23)16-7(4-25)11(22)14-2-9(19)20/h5-7,24-25H,1-4,13H2,(H,14,22)(H,15,21)(H,16,23)(H,17,18)(H,19,20). The van der Waals surface area contributed by atoms with Gasteiger partial charge in [0.05, 0.1) is 12.5 Å². The SMILES string of the molecule is NC(CS)C(=O)NC(CC(=O)O)C(=O)NC(CS)C(=O)NCC(=O)O. The van der Waals surface area contributed by atoms with Gasteiger partial charge in [0.15, 0.2) is 0 Å². The number of hydrogen-bond acceptors (Lipinski definition) is 8. The Hall–Kier alpha value is -1.99. The minimum absolute atomic E-state index is 0.0237. The second kappa shape index (κ2) is 11.5. The zero-order valence-electron chi connectivity index (χ0n) is 13.0.